The molecule has 1 aliphatic rings. The van der Waals surface area contributed by atoms with Gasteiger partial charge in [0.05, 0.1) is 22.2 Å². The number of benzene rings is 2. The van der Waals surface area contributed by atoms with E-state index < -0.39 is 5.54 Å². The number of rotatable bonds is 2. The van der Waals surface area contributed by atoms with E-state index in [0.29, 0.717) is 23.1 Å². The topological polar surface area (TPSA) is 35.2 Å². The van der Waals surface area contributed by atoms with Gasteiger partial charge in [-0.3, -0.25) is 0 Å². The van der Waals surface area contributed by atoms with Crippen LogP contribution in [0.4, 0.5) is 0 Å². The molecule has 0 saturated heterocycles. The van der Waals surface area contributed by atoms with E-state index in [1.165, 1.54) is 0 Å². The van der Waals surface area contributed by atoms with Gasteiger partial charge in [0, 0.05) is 12.0 Å². The average molecular weight is 308 g/mol. The third-order valence-electron chi connectivity index (χ3n) is 3.73. The summed E-state index contributed by atoms with van der Waals surface area (Å²) in [5, 5.41) is 1.13. The SMILES string of the molecule is NC1(Cc2ccc(Cl)c(Cl)c2)CCOc2ccccc21. The number of halogens is 2. The van der Waals surface area contributed by atoms with E-state index >= 15 is 0 Å². The second-order valence-corrected chi connectivity index (χ2v) is 5.99. The maximum atomic E-state index is 6.63. The van der Waals surface area contributed by atoms with Crippen LogP contribution in [0.25, 0.3) is 0 Å². The van der Waals surface area contributed by atoms with Crippen molar-refractivity contribution in [3.05, 3.63) is 63.6 Å². The first-order valence-electron chi connectivity index (χ1n) is 6.54. The lowest BCUT2D eigenvalue weighted by Gasteiger charge is -2.35. The molecule has 2 N–H and O–H groups in total. The molecule has 104 valence electrons. The van der Waals surface area contributed by atoms with E-state index in [1.54, 1.807) is 0 Å². The quantitative estimate of drug-likeness (QED) is 0.903. The Kier molecular flexibility index (Phi) is 3.63. The third-order valence-corrected chi connectivity index (χ3v) is 4.47. The summed E-state index contributed by atoms with van der Waals surface area (Å²) in [6.07, 6.45) is 1.49. The zero-order chi connectivity index (χ0) is 14.2. The lowest BCUT2D eigenvalue weighted by atomic mass is 9.80. The molecule has 20 heavy (non-hydrogen) atoms. The second kappa shape index (κ2) is 5.28. The summed E-state index contributed by atoms with van der Waals surface area (Å²) >= 11 is 12.0. The fraction of sp³-hybridized carbons (Fsp3) is 0.250. The monoisotopic (exact) mass is 307 g/mol. The van der Waals surface area contributed by atoms with Crippen LogP contribution >= 0.6 is 23.2 Å². The van der Waals surface area contributed by atoms with Crippen LogP contribution in [0.2, 0.25) is 10.0 Å². The summed E-state index contributed by atoms with van der Waals surface area (Å²) < 4.78 is 5.67. The molecule has 2 nitrogen and oxygen atoms in total. The minimum Gasteiger partial charge on any atom is -0.493 e. The molecule has 1 unspecified atom stereocenters. The molecule has 0 radical (unpaired) electrons. The van der Waals surface area contributed by atoms with Crippen molar-refractivity contribution in [1.29, 1.82) is 0 Å². The molecule has 0 spiro atoms. The molecule has 0 bridgehead atoms. The highest BCUT2D eigenvalue weighted by atomic mass is 35.5. The van der Waals surface area contributed by atoms with Crippen molar-refractivity contribution >= 4 is 23.2 Å². The van der Waals surface area contributed by atoms with Gasteiger partial charge in [-0.1, -0.05) is 47.5 Å². The maximum absolute atomic E-state index is 6.63. The van der Waals surface area contributed by atoms with Crippen LogP contribution in [0.5, 0.6) is 5.75 Å². The molecule has 0 amide bonds. The molecular formula is C16H15Cl2NO. The predicted molar refractivity (Wildman–Crippen MR) is 82.6 cm³/mol. The van der Waals surface area contributed by atoms with E-state index in [1.807, 2.05) is 42.5 Å². The first-order chi connectivity index (χ1) is 9.58. The number of hydrogen-bond donors (Lipinski definition) is 1. The molecule has 0 saturated carbocycles. The standard InChI is InChI=1S/C16H15Cl2NO/c17-13-6-5-11(9-14(13)18)10-16(19)7-8-20-15-4-2-1-3-12(15)16/h1-6,9H,7-8,10,19H2. The number of ether oxygens (including phenoxy) is 1. The van der Waals surface area contributed by atoms with Crippen molar-refractivity contribution in [2.45, 2.75) is 18.4 Å². The Balaban J connectivity index is 1.95. The Labute approximate surface area is 128 Å². The van der Waals surface area contributed by atoms with Crippen LogP contribution in [0, 0.1) is 0 Å². The van der Waals surface area contributed by atoms with Crippen LogP contribution in [-0.2, 0) is 12.0 Å². The summed E-state index contributed by atoms with van der Waals surface area (Å²) in [7, 11) is 0. The summed E-state index contributed by atoms with van der Waals surface area (Å²) in [5.74, 6) is 0.876. The highest BCUT2D eigenvalue weighted by molar-refractivity contribution is 6.42. The largest absolute Gasteiger partial charge is 0.493 e. The minimum absolute atomic E-state index is 0.425. The Morgan fingerprint density at radius 2 is 1.90 bits per heavy atom. The van der Waals surface area contributed by atoms with Crippen LogP contribution in [-0.4, -0.2) is 6.61 Å². The Morgan fingerprint density at radius 1 is 1.10 bits per heavy atom. The summed E-state index contributed by atoms with van der Waals surface area (Å²) in [4.78, 5) is 0. The smallest absolute Gasteiger partial charge is 0.124 e. The minimum atomic E-state index is -0.425. The number of fused-ring (bicyclic) bond motifs is 1. The lowest BCUT2D eigenvalue weighted by molar-refractivity contribution is 0.215. The fourth-order valence-corrected chi connectivity index (χ4v) is 3.00. The van der Waals surface area contributed by atoms with Gasteiger partial charge in [0.15, 0.2) is 0 Å². The van der Waals surface area contributed by atoms with Crippen LogP contribution in [0.1, 0.15) is 17.5 Å². The molecule has 0 aromatic heterocycles. The molecule has 2 aromatic rings. The normalized spacial score (nSPS) is 21.1. The molecule has 1 atom stereocenters. The molecule has 0 fully saturated rings. The second-order valence-electron chi connectivity index (χ2n) is 5.18. The predicted octanol–water partition coefficient (Wildman–Crippen LogP) is 4.17. The zero-order valence-corrected chi connectivity index (χ0v) is 12.4. The fourth-order valence-electron chi connectivity index (χ4n) is 2.68. The van der Waals surface area contributed by atoms with Gasteiger partial charge >= 0.3 is 0 Å². The van der Waals surface area contributed by atoms with Gasteiger partial charge in [0.25, 0.3) is 0 Å². The molecule has 0 aliphatic carbocycles. The van der Waals surface area contributed by atoms with E-state index in [0.717, 1.165) is 23.3 Å². The molecule has 2 aromatic carbocycles. The van der Waals surface area contributed by atoms with Crippen molar-refractivity contribution in [2.24, 2.45) is 5.73 Å². The molecule has 1 heterocycles. The van der Waals surface area contributed by atoms with Crippen molar-refractivity contribution in [1.82, 2.24) is 0 Å². The number of para-hydroxylation sites is 1. The lowest BCUT2D eigenvalue weighted by Crippen LogP contribution is -2.43. The third kappa shape index (κ3) is 2.51. The van der Waals surface area contributed by atoms with Gasteiger partial charge in [0.2, 0.25) is 0 Å². The van der Waals surface area contributed by atoms with Gasteiger partial charge in [-0.05, 0) is 30.2 Å². The molecule has 4 heteroatoms. The van der Waals surface area contributed by atoms with Gasteiger partial charge in [-0.25, -0.2) is 0 Å². The molecular weight excluding hydrogens is 293 g/mol. The van der Waals surface area contributed by atoms with Gasteiger partial charge in [-0.2, -0.15) is 0 Å². The van der Waals surface area contributed by atoms with Crippen molar-refractivity contribution in [3.63, 3.8) is 0 Å². The van der Waals surface area contributed by atoms with Crippen molar-refractivity contribution < 1.29 is 4.74 Å². The van der Waals surface area contributed by atoms with Crippen molar-refractivity contribution in [3.8, 4) is 5.75 Å². The molecule has 1 aliphatic heterocycles. The van der Waals surface area contributed by atoms with E-state index in [2.05, 4.69) is 0 Å². The maximum Gasteiger partial charge on any atom is 0.124 e. The highest BCUT2D eigenvalue weighted by Gasteiger charge is 2.33. The summed E-state index contributed by atoms with van der Waals surface area (Å²) in [5.41, 5.74) is 8.35. The van der Waals surface area contributed by atoms with Gasteiger partial charge in [0.1, 0.15) is 5.75 Å². The first kappa shape index (κ1) is 13.7. The average Bonchev–Trinajstić information content (AvgIpc) is 2.43. The van der Waals surface area contributed by atoms with Crippen LogP contribution < -0.4 is 10.5 Å². The van der Waals surface area contributed by atoms with Crippen molar-refractivity contribution in [2.75, 3.05) is 6.61 Å². The van der Waals surface area contributed by atoms with Gasteiger partial charge in [-0.15, -0.1) is 0 Å². The Hall–Kier alpha value is -1.22. The Bertz CT molecular complexity index is 644. The number of nitrogens with two attached hydrogens (primary N) is 1. The number of hydrogen-bond acceptors (Lipinski definition) is 2. The van der Waals surface area contributed by atoms with Gasteiger partial charge < -0.3 is 10.5 Å². The zero-order valence-electron chi connectivity index (χ0n) is 10.9. The van der Waals surface area contributed by atoms with E-state index in [9.17, 15) is 0 Å². The van der Waals surface area contributed by atoms with E-state index in [4.69, 9.17) is 33.7 Å². The summed E-state index contributed by atoms with van der Waals surface area (Å²) in [6.45, 7) is 0.634. The summed E-state index contributed by atoms with van der Waals surface area (Å²) in [6, 6.07) is 13.6. The van der Waals surface area contributed by atoms with Crippen LogP contribution in [0.3, 0.4) is 0 Å². The highest BCUT2D eigenvalue weighted by Crippen LogP contribution is 2.37. The first-order valence-corrected chi connectivity index (χ1v) is 7.29. The molecule has 3 rings (SSSR count). The van der Waals surface area contributed by atoms with Crippen LogP contribution in [0.15, 0.2) is 42.5 Å². The Morgan fingerprint density at radius 3 is 2.70 bits per heavy atom. The van der Waals surface area contributed by atoms with E-state index in [-0.39, 0.29) is 0 Å².